The van der Waals surface area contributed by atoms with Crippen LogP contribution in [0, 0.1) is 5.92 Å². The maximum Gasteiger partial charge on any atom is 0.274 e. The molecule has 202 valence electrons. The zero-order chi connectivity index (χ0) is 27.4. The largest absolute Gasteiger partial charge is 0.326 e. The molecule has 1 aliphatic heterocycles. The zero-order valence-electron chi connectivity index (χ0n) is 22.6. The standard InChI is InChI=1S/C32H35ClN4O2/c1-22(2)31(38)34-27-8-5-7-25(21-27)23-15-19-36(20-16-23)17-6-18-37-32(39)29-10-4-3-9-28(29)30(35-37)24-11-13-26(33)14-12-24/h3-5,7-14,21-23H,6,15-20H2,1-2H3,(H,34,38). The van der Waals surface area contributed by atoms with E-state index in [0.717, 1.165) is 61.2 Å². The molecule has 1 amide bonds. The first-order valence-electron chi connectivity index (χ1n) is 13.8. The normalized spacial score (nSPS) is 14.7. The van der Waals surface area contributed by atoms with E-state index in [0.29, 0.717) is 22.9 Å². The summed E-state index contributed by atoms with van der Waals surface area (Å²) in [5, 5.41) is 10.0. The number of hydrogen-bond acceptors (Lipinski definition) is 4. The van der Waals surface area contributed by atoms with Gasteiger partial charge in [-0.25, -0.2) is 4.68 Å². The molecule has 1 saturated heterocycles. The lowest BCUT2D eigenvalue weighted by molar-refractivity contribution is -0.118. The molecule has 0 bridgehead atoms. The Bertz CT molecular complexity index is 1510. The number of piperidine rings is 1. The first-order chi connectivity index (χ1) is 18.9. The second-order valence-electron chi connectivity index (χ2n) is 10.7. The van der Waals surface area contributed by atoms with Crippen molar-refractivity contribution in [2.24, 2.45) is 5.92 Å². The number of halogens is 1. The highest BCUT2D eigenvalue weighted by molar-refractivity contribution is 6.30. The van der Waals surface area contributed by atoms with Crippen molar-refractivity contribution in [2.75, 3.05) is 25.0 Å². The minimum absolute atomic E-state index is 0.0402. The van der Waals surface area contributed by atoms with Crippen molar-refractivity contribution < 1.29 is 4.79 Å². The van der Waals surface area contributed by atoms with Gasteiger partial charge in [0.1, 0.15) is 0 Å². The number of aryl methyl sites for hydroxylation is 1. The monoisotopic (exact) mass is 542 g/mol. The number of fused-ring (bicyclic) bond motifs is 1. The number of nitrogens with one attached hydrogen (secondary N) is 1. The van der Waals surface area contributed by atoms with Crippen molar-refractivity contribution in [2.45, 2.75) is 45.6 Å². The highest BCUT2D eigenvalue weighted by Crippen LogP contribution is 2.30. The number of carbonyl (C=O) groups is 1. The Kier molecular flexibility index (Phi) is 8.44. The molecule has 5 rings (SSSR count). The average Bonchev–Trinajstić information content (AvgIpc) is 2.95. The SMILES string of the molecule is CC(C)C(=O)Nc1cccc(C2CCN(CCCn3nc(-c4ccc(Cl)cc4)c4ccccc4c3=O)CC2)c1. The summed E-state index contributed by atoms with van der Waals surface area (Å²) in [6, 6.07) is 23.6. The van der Waals surface area contributed by atoms with E-state index in [9.17, 15) is 9.59 Å². The molecule has 1 aromatic heterocycles. The number of anilines is 1. The maximum absolute atomic E-state index is 13.2. The van der Waals surface area contributed by atoms with Crippen molar-refractivity contribution in [1.29, 1.82) is 0 Å². The van der Waals surface area contributed by atoms with E-state index in [1.807, 2.05) is 74.5 Å². The van der Waals surface area contributed by atoms with E-state index in [1.165, 1.54) is 5.56 Å². The summed E-state index contributed by atoms with van der Waals surface area (Å²) >= 11 is 6.10. The molecule has 2 heterocycles. The Morgan fingerprint density at radius 2 is 1.69 bits per heavy atom. The Balaban J connectivity index is 1.21. The van der Waals surface area contributed by atoms with Crippen LogP contribution in [-0.2, 0) is 11.3 Å². The number of hydrogen-bond donors (Lipinski definition) is 1. The second kappa shape index (κ2) is 12.1. The molecule has 0 spiro atoms. The number of benzene rings is 3. The van der Waals surface area contributed by atoms with Crippen molar-refractivity contribution >= 4 is 34.0 Å². The van der Waals surface area contributed by atoms with Crippen LogP contribution in [0.1, 0.15) is 44.6 Å². The van der Waals surface area contributed by atoms with Gasteiger partial charge >= 0.3 is 0 Å². The predicted octanol–water partition coefficient (Wildman–Crippen LogP) is 6.58. The summed E-state index contributed by atoms with van der Waals surface area (Å²) in [6.45, 7) is 7.34. The van der Waals surface area contributed by atoms with Gasteiger partial charge < -0.3 is 10.2 Å². The van der Waals surface area contributed by atoms with Crippen LogP contribution >= 0.6 is 11.6 Å². The third kappa shape index (κ3) is 6.40. The number of likely N-dealkylation sites (tertiary alicyclic amines) is 1. The zero-order valence-corrected chi connectivity index (χ0v) is 23.3. The Labute approximate surface area is 234 Å². The van der Waals surface area contributed by atoms with Gasteiger partial charge in [0.2, 0.25) is 5.91 Å². The Hall–Kier alpha value is -3.48. The van der Waals surface area contributed by atoms with Crippen LogP contribution in [0.4, 0.5) is 5.69 Å². The molecule has 6 nitrogen and oxygen atoms in total. The fraction of sp³-hybridized carbons (Fsp3) is 0.344. The summed E-state index contributed by atoms with van der Waals surface area (Å²) in [5.74, 6) is 0.493. The predicted molar refractivity (Wildman–Crippen MR) is 159 cm³/mol. The summed E-state index contributed by atoms with van der Waals surface area (Å²) in [5.41, 5.74) is 3.86. The number of nitrogens with zero attached hydrogens (tertiary/aromatic N) is 3. The molecule has 0 unspecified atom stereocenters. The fourth-order valence-electron chi connectivity index (χ4n) is 5.30. The first-order valence-corrected chi connectivity index (χ1v) is 14.2. The van der Waals surface area contributed by atoms with Crippen LogP contribution in [0.3, 0.4) is 0 Å². The molecular formula is C32H35ClN4O2. The van der Waals surface area contributed by atoms with Gasteiger partial charge in [-0.1, -0.05) is 67.9 Å². The molecule has 0 atom stereocenters. The van der Waals surface area contributed by atoms with Crippen molar-refractivity contribution in [3.8, 4) is 11.3 Å². The molecule has 1 aliphatic rings. The first kappa shape index (κ1) is 27.1. The second-order valence-corrected chi connectivity index (χ2v) is 11.1. The van der Waals surface area contributed by atoms with E-state index < -0.39 is 0 Å². The molecule has 0 radical (unpaired) electrons. The highest BCUT2D eigenvalue weighted by Gasteiger charge is 2.21. The number of aromatic nitrogens is 2. The van der Waals surface area contributed by atoms with Crippen LogP contribution in [-0.4, -0.2) is 40.2 Å². The van der Waals surface area contributed by atoms with Crippen molar-refractivity contribution in [1.82, 2.24) is 14.7 Å². The van der Waals surface area contributed by atoms with Gasteiger partial charge in [0.25, 0.3) is 5.56 Å². The summed E-state index contributed by atoms with van der Waals surface area (Å²) in [6.07, 6.45) is 3.01. The molecule has 3 aromatic carbocycles. The quantitative estimate of drug-likeness (QED) is 0.273. The fourth-order valence-corrected chi connectivity index (χ4v) is 5.42. The molecule has 1 fully saturated rings. The van der Waals surface area contributed by atoms with Gasteiger partial charge in [-0.3, -0.25) is 9.59 Å². The van der Waals surface area contributed by atoms with E-state index >= 15 is 0 Å². The van der Waals surface area contributed by atoms with Crippen LogP contribution in [0.2, 0.25) is 5.02 Å². The van der Waals surface area contributed by atoms with E-state index in [1.54, 1.807) is 4.68 Å². The minimum Gasteiger partial charge on any atom is -0.326 e. The molecule has 39 heavy (non-hydrogen) atoms. The van der Waals surface area contributed by atoms with Gasteiger partial charge in [-0.15, -0.1) is 0 Å². The van der Waals surface area contributed by atoms with Crippen LogP contribution in [0.25, 0.3) is 22.0 Å². The lowest BCUT2D eigenvalue weighted by atomic mass is 9.89. The van der Waals surface area contributed by atoms with Gasteiger partial charge in [-0.2, -0.15) is 5.10 Å². The lowest BCUT2D eigenvalue weighted by Crippen LogP contribution is -2.34. The van der Waals surface area contributed by atoms with Gasteiger partial charge in [0.05, 0.1) is 11.1 Å². The number of amides is 1. The number of rotatable bonds is 8. The van der Waals surface area contributed by atoms with E-state index in [4.69, 9.17) is 16.7 Å². The van der Waals surface area contributed by atoms with E-state index in [2.05, 4.69) is 22.3 Å². The smallest absolute Gasteiger partial charge is 0.274 e. The van der Waals surface area contributed by atoms with Gasteiger partial charge in [-0.05, 0) is 80.7 Å². The van der Waals surface area contributed by atoms with Gasteiger partial charge in [0, 0.05) is 34.1 Å². The molecule has 4 aromatic rings. The van der Waals surface area contributed by atoms with Gasteiger partial charge in [0.15, 0.2) is 0 Å². The number of carbonyl (C=O) groups excluding carboxylic acids is 1. The summed E-state index contributed by atoms with van der Waals surface area (Å²) < 4.78 is 1.62. The maximum atomic E-state index is 13.2. The van der Waals surface area contributed by atoms with Crippen LogP contribution in [0.15, 0.2) is 77.6 Å². The summed E-state index contributed by atoms with van der Waals surface area (Å²) in [7, 11) is 0. The van der Waals surface area contributed by atoms with Crippen molar-refractivity contribution in [3.63, 3.8) is 0 Å². The minimum atomic E-state index is -0.0496. The molecule has 0 aliphatic carbocycles. The van der Waals surface area contributed by atoms with E-state index in [-0.39, 0.29) is 17.4 Å². The molecule has 1 N–H and O–H groups in total. The lowest BCUT2D eigenvalue weighted by Gasteiger charge is -2.32. The highest BCUT2D eigenvalue weighted by atomic mass is 35.5. The molecule has 0 saturated carbocycles. The molecule has 7 heteroatoms. The third-order valence-corrected chi connectivity index (χ3v) is 7.82. The molecular weight excluding hydrogens is 508 g/mol. The van der Waals surface area contributed by atoms with Crippen LogP contribution in [0.5, 0.6) is 0 Å². The summed E-state index contributed by atoms with van der Waals surface area (Å²) in [4.78, 5) is 27.8. The third-order valence-electron chi connectivity index (χ3n) is 7.57. The van der Waals surface area contributed by atoms with Crippen molar-refractivity contribution in [3.05, 3.63) is 93.7 Å². The average molecular weight is 543 g/mol. The topological polar surface area (TPSA) is 67.2 Å². The Morgan fingerprint density at radius 1 is 0.974 bits per heavy atom. The Morgan fingerprint density at radius 3 is 2.41 bits per heavy atom. The van der Waals surface area contributed by atoms with Crippen LogP contribution < -0.4 is 10.9 Å².